The molecule has 0 spiro atoms. The van der Waals surface area contributed by atoms with Gasteiger partial charge in [-0.1, -0.05) is 0 Å². The van der Waals surface area contributed by atoms with Crippen LogP contribution in [-0.2, 0) is 6.54 Å². The molecule has 7 heteroatoms. The van der Waals surface area contributed by atoms with Gasteiger partial charge in [-0.05, 0) is 37.6 Å². The normalized spacial score (nSPS) is 17.8. The van der Waals surface area contributed by atoms with Gasteiger partial charge in [0.15, 0.2) is 0 Å². The van der Waals surface area contributed by atoms with Gasteiger partial charge in [0.2, 0.25) is 0 Å². The molecule has 24 heavy (non-hydrogen) atoms. The van der Waals surface area contributed by atoms with E-state index in [4.69, 9.17) is 9.84 Å². The number of methoxy groups -OCH3 is 1. The van der Waals surface area contributed by atoms with Crippen LogP contribution in [0.2, 0.25) is 0 Å². The molecule has 0 amide bonds. The Morgan fingerprint density at radius 2 is 2.17 bits per heavy atom. The molecule has 126 valence electrons. The van der Waals surface area contributed by atoms with Crippen molar-refractivity contribution in [3.8, 4) is 5.75 Å². The number of carboxylic acid groups (broad SMARTS) is 1. The molecule has 1 fully saturated rings. The zero-order valence-corrected chi connectivity index (χ0v) is 13.3. The third kappa shape index (κ3) is 3.35. The third-order valence-corrected chi connectivity index (χ3v) is 4.21. The molecule has 1 unspecified atom stereocenters. The number of aromatic nitrogens is 2. The Balaban J connectivity index is 1.79. The lowest BCUT2D eigenvalue weighted by atomic mass is 10.1. The summed E-state index contributed by atoms with van der Waals surface area (Å²) in [6.07, 6.45) is 4.44. The Morgan fingerprint density at radius 1 is 1.42 bits per heavy atom. The molecule has 2 heterocycles. The van der Waals surface area contributed by atoms with E-state index < -0.39 is 5.97 Å². The fourth-order valence-electron chi connectivity index (χ4n) is 2.95. The van der Waals surface area contributed by atoms with Gasteiger partial charge in [-0.3, -0.25) is 4.90 Å². The van der Waals surface area contributed by atoms with E-state index in [2.05, 4.69) is 14.9 Å². The molecule has 1 aliphatic rings. The first kappa shape index (κ1) is 16.3. The smallest absolute Gasteiger partial charge is 0.338 e. The number of rotatable bonds is 5. The van der Waals surface area contributed by atoms with Crippen LogP contribution < -0.4 is 4.74 Å². The average Bonchev–Trinajstić information content (AvgIpc) is 3.05. The summed E-state index contributed by atoms with van der Waals surface area (Å²) in [6.45, 7) is 1.24. The van der Waals surface area contributed by atoms with Gasteiger partial charge in [-0.15, -0.1) is 0 Å². The first-order valence-electron chi connectivity index (χ1n) is 7.70. The van der Waals surface area contributed by atoms with E-state index in [0.29, 0.717) is 23.7 Å². The van der Waals surface area contributed by atoms with Gasteiger partial charge in [0.25, 0.3) is 0 Å². The standard InChI is InChI=1S/C17H18FN3O3/c1-24-13-4-5-14(18)11(7-13)10-21-6-2-3-15(21)16-19-8-12(9-20-16)17(22)23/h4-5,7-9,15H,2-3,6,10H2,1H3,(H,22,23). The van der Waals surface area contributed by atoms with Crippen molar-refractivity contribution in [3.05, 3.63) is 53.4 Å². The van der Waals surface area contributed by atoms with Crippen molar-refractivity contribution in [2.45, 2.75) is 25.4 Å². The molecule has 1 N–H and O–H groups in total. The zero-order valence-electron chi connectivity index (χ0n) is 13.3. The van der Waals surface area contributed by atoms with Crippen molar-refractivity contribution in [2.24, 2.45) is 0 Å². The molecule has 3 rings (SSSR count). The first-order valence-corrected chi connectivity index (χ1v) is 7.70. The highest BCUT2D eigenvalue weighted by Crippen LogP contribution is 2.32. The van der Waals surface area contributed by atoms with Crippen LogP contribution in [0.1, 0.15) is 40.6 Å². The molecule has 2 aromatic rings. The maximum absolute atomic E-state index is 14.1. The van der Waals surface area contributed by atoms with Gasteiger partial charge in [0.05, 0.1) is 18.7 Å². The second-order valence-electron chi connectivity index (χ2n) is 5.72. The SMILES string of the molecule is COc1ccc(F)c(CN2CCCC2c2ncc(C(=O)O)cn2)c1. The third-order valence-electron chi connectivity index (χ3n) is 4.21. The van der Waals surface area contributed by atoms with Gasteiger partial charge in [-0.2, -0.15) is 0 Å². The topological polar surface area (TPSA) is 75.5 Å². The zero-order chi connectivity index (χ0) is 17.1. The largest absolute Gasteiger partial charge is 0.497 e. The first-order chi connectivity index (χ1) is 11.6. The number of nitrogens with zero attached hydrogens (tertiary/aromatic N) is 3. The van der Waals surface area contributed by atoms with Crippen molar-refractivity contribution in [2.75, 3.05) is 13.7 Å². The van der Waals surface area contributed by atoms with Gasteiger partial charge >= 0.3 is 5.97 Å². The maximum Gasteiger partial charge on any atom is 0.338 e. The lowest BCUT2D eigenvalue weighted by Gasteiger charge is -2.23. The lowest BCUT2D eigenvalue weighted by Crippen LogP contribution is -2.25. The number of halogens is 1. The number of ether oxygens (including phenoxy) is 1. The fourth-order valence-corrected chi connectivity index (χ4v) is 2.95. The summed E-state index contributed by atoms with van der Waals surface area (Å²) >= 11 is 0. The molecule has 0 saturated carbocycles. The highest BCUT2D eigenvalue weighted by Gasteiger charge is 2.29. The second kappa shape index (κ2) is 6.92. The molecular weight excluding hydrogens is 313 g/mol. The lowest BCUT2D eigenvalue weighted by molar-refractivity contribution is 0.0695. The minimum absolute atomic E-state index is 0.0431. The van der Waals surface area contributed by atoms with Crippen LogP contribution >= 0.6 is 0 Å². The minimum Gasteiger partial charge on any atom is -0.497 e. The summed E-state index contributed by atoms with van der Waals surface area (Å²) in [5, 5.41) is 8.92. The summed E-state index contributed by atoms with van der Waals surface area (Å²) in [6, 6.07) is 4.64. The van der Waals surface area contributed by atoms with E-state index in [1.807, 2.05) is 0 Å². The maximum atomic E-state index is 14.1. The van der Waals surface area contributed by atoms with Gasteiger partial charge < -0.3 is 9.84 Å². The number of aromatic carboxylic acids is 1. The van der Waals surface area contributed by atoms with Crippen molar-refractivity contribution >= 4 is 5.97 Å². The molecule has 1 saturated heterocycles. The Kier molecular flexibility index (Phi) is 4.71. The highest BCUT2D eigenvalue weighted by molar-refractivity contribution is 5.86. The van der Waals surface area contributed by atoms with Crippen LogP contribution in [0.4, 0.5) is 4.39 Å². The summed E-state index contributed by atoms with van der Waals surface area (Å²) < 4.78 is 19.2. The van der Waals surface area contributed by atoms with Gasteiger partial charge in [-0.25, -0.2) is 19.2 Å². The summed E-state index contributed by atoms with van der Waals surface area (Å²) in [4.78, 5) is 21.4. The van der Waals surface area contributed by atoms with Crippen LogP contribution in [0.5, 0.6) is 5.75 Å². The number of likely N-dealkylation sites (tertiary alicyclic amines) is 1. The molecule has 1 aliphatic heterocycles. The summed E-state index contributed by atoms with van der Waals surface area (Å²) in [5.74, 6) is -0.142. The average molecular weight is 331 g/mol. The van der Waals surface area contributed by atoms with Crippen LogP contribution in [0.25, 0.3) is 0 Å². The fraction of sp³-hybridized carbons (Fsp3) is 0.353. The van der Waals surface area contributed by atoms with Crippen LogP contribution in [0.15, 0.2) is 30.6 Å². The molecule has 6 nitrogen and oxygen atoms in total. The van der Waals surface area contributed by atoms with E-state index >= 15 is 0 Å². The van der Waals surface area contributed by atoms with Crippen molar-refractivity contribution in [1.29, 1.82) is 0 Å². The molecule has 0 radical (unpaired) electrons. The van der Waals surface area contributed by atoms with Crippen molar-refractivity contribution in [3.63, 3.8) is 0 Å². The second-order valence-corrected chi connectivity index (χ2v) is 5.72. The Morgan fingerprint density at radius 3 is 2.83 bits per heavy atom. The number of benzene rings is 1. The Labute approximate surface area is 138 Å². The van der Waals surface area contributed by atoms with E-state index in [9.17, 15) is 9.18 Å². The molecule has 1 atom stereocenters. The van der Waals surface area contributed by atoms with Crippen molar-refractivity contribution < 1.29 is 19.0 Å². The van der Waals surface area contributed by atoms with Crippen LogP contribution in [0.3, 0.4) is 0 Å². The molecule has 0 aliphatic carbocycles. The number of carbonyl (C=O) groups is 1. The van der Waals surface area contributed by atoms with Gasteiger partial charge in [0.1, 0.15) is 17.4 Å². The Hall–Kier alpha value is -2.54. The van der Waals surface area contributed by atoms with E-state index in [0.717, 1.165) is 19.4 Å². The molecular formula is C17H18FN3O3. The Bertz CT molecular complexity index is 736. The number of hydrogen-bond donors (Lipinski definition) is 1. The molecule has 1 aromatic carbocycles. The highest BCUT2D eigenvalue weighted by atomic mass is 19.1. The molecule has 0 bridgehead atoms. The number of hydrogen-bond acceptors (Lipinski definition) is 5. The minimum atomic E-state index is -1.05. The number of carboxylic acids is 1. The van der Waals surface area contributed by atoms with E-state index in [1.165, 1.54) is 18.5 Å². The predicted molar refractivity (Wildman–Crippen MR) is 84.3 cm³/mol. The summed E-state index contributed by atoms with van der Waals surface area (Å²) in [7, 11) is 1.55. The van der Waals surface area contributed by atoms with E-state index in [-0.39, 0.29) is 17.4 Å². The monoisotopic (exact) mass is 331 g/mol. The molecule has 1 aromatic heterocycles. The van der Waals surface area contributed by atoms with Crippen LogP contribution in [-0.4, -0.2) is 39.6 Å². The van der Waals surface area contributed by atoms with E-state index in [1.54, 1.807) is 19.2 Å². The summed E-state index contributed by atoms with van der Waals surface area (Å²) in [5.41, 5.74) is 0.616. The van der Waals surface area contributed by atoms with Crippen LogP contribution in [0, 0.1) is 5.82 Å². The predicted octanol–water partition coefficient (Wildman–Crippen LogP) is 2.66. The van der Waals surface area contributed by atoms with Gasteiger partial charge in [0, 0.05) is 24.5 Å². The quantitative estimate of drug-likeness (QED) is 0.908. The van der Waals surface area contributed by atoms with Crippen molar-refractivity contribution in [1.82, 2.24) is 14.9 Å².